The molecule has 1 fully saturated rings. The second-order valence-corrected chi connectivity index (χ2v) is 5.31. The second kappa shape index (κ2) is 7.25. The van der Waals surface area contributed by atoms with Crippen LogP contribution in [-0.4, -0.2) is 51.9 Å². The summed E-state index contributed by atoms with van der Waals surface area (Å²) >= 11 is 1.29. The lowest BCUT2D eigenvalue weighted by Crippen LogP contribution is -2.48. The van der Waals surface area contributed by atoms with Gasteiger partial charge in [0.1, 0.15) is 6.04 Å². The molecule has 1 atom stereocenters. The molecule has 1 rings (SSSR count). The molecule has 0 saturated carbocycles. The van der Waals surface area contributed by atoms with Gasteiger partial charge in [-0.25, -0.2) is 4.79 Å². The topological polar surface area (TPSA) is 101 Å². The molecule has 0 aliphatic carbocycles. The van der Waals surface area contributed by atoms with Gasteiger partial charge in [0.25, 0.3) is 0 Å². The Kier molecular flexibility index (Phi) is 5.97. The van der Waals surface area contributed by atoms with E-state index in [9.17, 15) is 14.4 Å². The van der Waals surface area contributed by atoms with Gasteiger partial charge in [-0.2, -0.15) is 11.8 Å². The number of thioether (sulfide) groups is 1. The molecule has 7 heteroatoms. The van der Waals surface area contributed by atoms with Gasteiger partial charge >= 0.3 is 5.97 Å². The minimum atomic E-state index is -0.937. The normalized spacial score (nSPS) is 19.6. The number of carboxylic acids is 1. The Morgan fingerprint density at radius 3 is 2.67 bits per heavy atom. The van der Waals surface area contributed by atoms with Gasteiger partial charge in [0.15, 0.2) is 0 Å². The van der Waals surface area contributed by atoms with Crippen molar-refractivity contribution in [1.29, 1.82) is 0 Å². The van der Waals surface area contributed by atoms with Crippen molar-refractivity contribution in [1.82, 2.24) is 4.90 Å². The molecule has 18 heavy (non-hydrogen) atoms. The zero-order valence-electron chi connectivity index (χ0n) is 10.1. The Hall–Kier alpha value is -1.24. The fourth-order valence-corrected chi connectivity index (χ4v) is 2.63. The average Bonchev–Trinajstić information content (AvgIpc) is 2.34. The van der Waals surface area contributed by atoms with E-state index < -0.39 is 17.9 Å². The van der Waals surface area contributed by atoms with Crippen molar-refractivity contribution in [2.24, 2.45) is 5.73 Å². The first-order valence-electron chi connectivity index (χ1n) is 5.90. The molecule has 1 aliphatic heterocycles. The largest absolute Gasteiger partial charge is 0.480 e. The first-order valence-corrected chi connectivity index (χ1v) is 7.06. The van der Waals surface area contributed by atoms with Gasteiger partial charge in [0.2, 0.25) is 11.8 Å². The fourth-order valence-electron chi connectivity index (χ4n) is 1.96. The van der Waals surface area contributed by atoms with E-state index in [1.54, 1.807) is 0 Å². The van der Waals surface area contributed by atoms with E-state index in [1.165, 1.54) is 16.7 Å². The second-order valence-electron chi connectivity index (χ2n) is 4.21. The molecule has 6 nitrogen and oxygen atoms in total. The molecular weight excluding hydrogens is 256 g/mol. The molecule has 0 aromatic heterocycles. The van der Waals surface area contributed by atoms with Gasteiger partial charge in [-0.3, -0.25) is 9.59 Å². The monoisotopic (exact) mass is 274 g/mol. The summed E-state index contributed by atoms with van der Waals surface area (Å²) < 4.78 is 0. The number of likely N-dealkylation sites (tertiary alicyclic amines) is 1. The lowest BCUT2D eigenvalue weighted by atomic mass is 10.0. The fraction of sp³-hybridized carbons (Fsp3) is 0.727. The molecule has 1 heterocycles. The van der Waals surface area contributed by atoms with Gasteiger partial charge in [0.05, 0.1) is 5.75 Å². The SMILES string of the molecule is NC(=O)CSCCC(=O)N1CCCC[C@@H]1C(=O)O. The van der Waals surface area contributed by atoms with E-state index in [4.69, 9.17) is 10.8 Å². The van der Waals surface area contributed by atoms with Crippen LogP contribution in [0.1, 0.15) is 25.7 Å². The Balaban J connectivity index is 2.38. The summed E-state index contributed by atoms with van der Waals surface area (Å²) in [6, 6.07) is -0.688. The van der Waals surface area contributed by atoms with Crippen molar-refractivity contribution in [3.63, 3.8) is 0 Å². The van der Waals surface area contributed by atoms with Crippen molar-refractivity contribution in [3.8, 4) is 0 Å². The highest BCUT2D eigenvalue weighted by molar-refractivity contribution is 7.99. The number of nitrogens with two attached hydrogens (primary N) is 1. The number of carbonyl (C=O) groups excluding carboxylic acids is 2. The average molecular weight is 274 g/mol. The van der Waals surface area contributed by atoms with Crippen LogP contribution in [0.4, 0.5) is 0 Å². The number of carbonyl (C=O) groups is 3. The van der Waals surface area contributed by atoms with Crippen molar-refractivity contribution < 1.29 is 19.5 Å². The maximum atomic E-state index is 11.9. The number of hydrogen-bond donors (Lipinski definition) is 2. The summed E-state index contributed by atoms with van der Waals surface area (Å²) in [4.78, 5) is 34.9. The number of piperidine rings is 1. The van der Waals surface area contributed by atoms with E-state index in [0.29, 0.717) is 18.7 Å². The quantitative estimate of drug-likeness (QED) is 0.667. The van der Waals surface area contributed by atoms with E-state index in [0.717, 1.165) is 12.8 Å². The van der Waals surface area contributed by atoms with Crippen LogP contribution in [0, 0.1) is 0 Å². The summed E-state index contributed by atoms with van der Waals surface area (Å²) in [5, 5.41) is 9.04. The third-order valence-corrected chi connectivity index (χ3v) is 3.79. The molecule has 3 N–H and O–H groups in total. The maximum absolute atomic E-state index is 11.9. The van der Waals surface area contributed by atoms with Crippen LogP contribution in [0.5, 0.6) is 0 Å². The summed E-state index contributed by atoms with van der Waals surface area (Å²) in [7, 11) is 0. The predicted octanol–water partition coefficient (Wildman–Crippen LogP) is 0.0607. The molecular formula is C11H18N2O4S. The molecule has 2 amide bonds. The Bertz CT molecular complexity index is 335. The Labute approximate surface area is 110 Å². The van der Waals surface area contributed by atoms with Crippen molar-refractivity contribution in [2.75, 3.05) is 18.1 Å². The molecule has 0 spiro atoms. The van der Waals surface area contributed by atoms with Crippen LogP contribution in [0.15, 0.2) is 0 Å². The lowest BCUT2D eigenvalue weighted by Gasteiger charge is -2.33. The highest BCUT2D eigenvalue weighted by Crippen LogP contribution is 2.18. The van der Waals surface area contributed by atoms with Crippen molar-refractivity contribution >= 4 is 29.5 Å². The molecule has 0 bridgehead atoms. The van der Waals surface area contributed by atoms with Gasteiger partial charge in [-0.15, -0.1) is 0 Å². The van der Waals surface area contributed by atoms with Crippen LogP contribution in [0.2, 0.25) is 0 Å². The summed E-state index contributed by atoms with van der Waals surface area (Å²) in [5.41, 5.74) is 4.98. The van der Waals surface area contributed by atoms with Gasteiger partial charge in [-0.05, 0) is 19.3 Å². The van der Waals surface area contributed by atoms with Gasteiger partial charge in [-0.1, -0.05) is 0 Å². The zero-order chi connectivity index (χ0) is 13.5. The van der Waals surface area contributed by atoms with Crippen LogP contribution in [-0.2, 0) is 14.4 Å². The van der Waals surface area contributed by atoms with Crippen molar-refractivity contribution in [3.05, 3.63) is 0 Å². The molecule has 1 saturated heterocycles. The summed E-state index contributed by atoms with van der Waals surface area (Å²) in [6.07, 6.45) is 2.47. The predicted molar refractivity (Wildman–Crippen MR) is 68.1 cm³/mol. The van der Waals surface area contributed by atoms with Crippen molar-refractivity contribution in [2.45, 2.75) is 31.7 Å². The lowest BCUT2D eigenvalue weighted by molar-refractivity contribution is -0.151. The number of aliphatic carboxylic acids is 1. The third kappa shape index (κ3) is 4.56. The molecule has 0 radical (unpaired) electrons. The highest BCUT2D eigenvalue weighted by Gasteiger charge is 2.31. The van der Waals surface area contributed by atoms with E-state index >= 15 is 0 Å². The number of primary amides is 1. The van der Waals surface area contributed by atoms with E-state index in [2.05, 4.69) is 0 Å². The number of carboxylic acid groups (broad SMARTS) is 1. The van der Waals surface area contributed by atoms with E-state index in [-0.39, 0.29) is 18.1 Å². The smallest absolute Gasteiger partial charge is 0.326 e. The maximum Gasteiger partial charge on any atom is 0.326 e. The highest BCUT2D eigenvalue weighted by atomic mass is 32.2. The van der Waals surface area contributed by atoms with E-state index in [1.807, 2.05) is 0 Å². The first-order chi connectivity index (χ1) is 8.52. The number of hydrogen-bond acceptors (Lipinski definition) is 4. The van der Waals surface area contributed by atoms with Gasteiger partial charge in [0, 0.05) is 18.7 Å². The minimum absolute atomic E-state index is 0.154. The minimum Gasteiger partial charge on any atom is -0.480 e. The summed E-state index contributed by atoms with van der Waals surface area (Å²) in [6.45, 7) is 0.510. The van der Waals surface area contributed by atoms with Crippen LogP contribution >= 0.6 is 11.8 Å². The summed E-state index contributed by atoms with van der Waals surface area (Å²) in [5.74, 6) is -0.819. The third-order valence-electron chi connectivity index (χ3n) is 2.81. The molecule has 0 unspecified atom stereocenters. The number of rotatable bonds is 6. The van der Waals surface area contributed by atoms with Crippen LogP contribution in [0.3, 0.4) is 0 Å². The Morgan fingerprint density at radius 1 is 1.33 bits per heavy atom. The number of nitrogens with zero attached hydrogens (tertiary/aromatic N) is 1. The molecule has 0 aromatic rings. The van der Waals surface area contributed by atoms with Crippen LogP contribution in [0.25, 0.3) is 0 Å². The molecule has 0 aromatic carbocycles. The molecule has 1 aliphatic rings. The van der Waals surface area contributed by atoms with Crippen LogP contribution < -0.4 is 5.73 Å². The zero-order valence-corrected chi connectivity index (χ0v) is 10.9. The first kappa shape index (κ1) is 14.8. The standard InChI is InChI=1S/C11H18N2O4S/c12-9(14)7-18-6-4-10(15)13-5-2-1-3-8(13)11(16)17/h8H,1-7H2,(H2,12,14)(H,16,17)/t8-/m1/s1. The van der Waals surface area contributed by atoms with Gasteiger partial charge < -0.3 is 15.7 Å². The molecule has 102 valence electrons. The number of amides is 2. The Morgan fingerprint density at radius 2 is 2.06 bits per heavy atom.